The molecule has 0 bridgehead atoms. The molecule has 0 aromatic heterocycles. The normalized spacial score (nSPS) is 39.6. The number of hydrogen-bond donors (Lipinski definition) is 0. The first-order valence-corrected chi connectivity index (χ1v) is 4.11. The highest BCUT2D eigenvalue weighted by Gasteiger charge is 2.22. The van der Waals surface area contributed by atoms with Crippen LogP contribution in [-0.4, -0.2) is 18.0 Å². The summed E-state index contributed by atoms with van der Waals surface area (Å²) in [7, 11) is 2.15. The van der Waals surface area contributed by atoms with Crippen LogP contribution >= 0.6 is 22.6 Å². The summed E-state index contributed by atoms with van der Waals surface area (Å²) in [6.07, 6.45) is 3.80. The highest BCUT2D eigenvalue weighted by molar-refractivity contribution is 14.1. The molecule has 8 heavy (non-hydrogen) atoms. The van der Waals surface area contributed by atoms with Gasteiger partial charge in [0.2, 0.25) is 0 Å². The van der Waals surface area contributed by atoms with Crippen LogP contribution in [0.25, 0.3) is 0 Å². The zero-order chi connectivity index (χ0) is 6.04. The van der Waals surface area contributed by atoms with Crippen molar-refractivity contribution in [2.45, 2.75) is 22.8 Å². The fourth-order valence-electron chi connectivity index (χ4n) is 0.900. The lowest BCUT2D eigenvalue weighted by Crippen LogP contribution is -2.29. The van der Waals surface area contributed by atoms with Crippen molar-refractivity contribution in [3.63, 3.8) is 0 Å². The van der Waals surface area contributed by atoms with Gasteiger partial charge in [0.25, 0.3) is 0 Å². The topological polar surface area (TPSA) is 9.23 Å². The maximum absolute atomic E-state index is 5.45. The second-order valence-electron chi connectivity index (χ2n) is 2.41. The lowest BCUT2D eigenvalue weighted by atomic mass is 9.92. The molecule has 0 N–H and O–H groups in total. The lowest BCUT2D eigenvalue weighted by molar-refractivity contribution is 0.0559. The molecular weight excluding hydrogens is 214 g/mol. The van der Waals surface area contributed by atoms with Crippen LogP contribution in [0.4, 0.5) is 0 Å². The van der Waals surface area contributed by atoms with Crippen LogP contribution in [-0.2, 0) is 4.74 Å². The first-order chi connectivity index (χ1) is 3.71. The van der Waals surface area contributed by atoms with Gasteiger partial charge >= 0.3 is 0 Å². The minimum atomic E-state index is 0.149. The molecule has 1 aliphatic rings. The molecule has 0 amide bonds. The Morgan fingerprint density at radius 2 is 2.25 bits per heavy atom. The van der Waals surface area contributed by atoms with E-state index in [-0.39, 0.29) is 3.51 Å². The Bertz CT molecular complexity index is 76.5. The zero-order valence-electron chi connectivity index (χ0n) is 5.11. The quantitative estimate of drug-likeness (QED) is 0.337. The maximum Gasteiger partial charge on any atom is 0.156 e. The molecule has 0 aromatic rings. The fraction of sp³-hybridized carbons (Fsp3) is 1.00. The molecular formula is C5H10BIO. The zero-order valence-corrected chi connectivity index (χ0v) is 7.27. The molecule has 1 unspecified atom stereocenters. The van der Waals surface area contributed by atoms with Crippen molar-refractivity contribution in [2.75, 3.05) is 6.61 Å². The average molecular weight is 224 g/mol. The van der Waals surface area contributed by atoms with E-state index in [4.69, 9.17) is 4.74 Å². The van der Waals surface area contributed by atoms with E-state index in [2.05, 4.69) is 30.4 Å². The standard InChI is InChI=1S/C5H10BIO/c6-5(7)3-1-2-4-8-5/h1-4,6H2. The van der Waals surface area contributed by atoms with Crippen molar-refractivity contribution in [3.05, 3.63) is 0 Å². The molecule has 1 atom stereocenters. The van der Waals surface area contributed by atoms with E-state index in [9.17, 15) is 0 Å². The first kappa shape index (κ1) is 6.87. The SMILES string of the molecule is BC1(I)CCCCO1. The van der Waals surface area contributed by atoms with Crippen LogP contribution in [0.15, 0.2) is 0 Å². The lowest BCUT2D eigenvalue weighted by Gasteiger charge is -2.27. The summed E-state index contributed by atoms with van der Waals surface area (Å²) in [6, 6.07) is 0. The monoisotopic (exact) mass is 224 g/mol. The minimum Gasteiger partial charge on any atom is -0.374 e. The number of rotatable bonds is 0. The Morgan fingerprint density at radius 3 is 2.50 bits per heavy atom. The summed E-state index contributed by atoms with van der Waals surface area (Å²) >= 11 is 2.37. The minimum absolute atomic E-state index is 0.149. The largest absolute Gasteiger partial charge is 0.374 e. The van der Waals surface area contributed by atoms with Crippen molar-refractivity contribution >= 4 is 30.4 Å². The molecule has 0 spiro atoms. The third kappa shape index (κ3) is 1.93. The Hall–Kier alpha value is 0.755. The Balaban J connectivity index is 2.33. The van der Waals surface area contributed by atoms with Crippen molar-refractivity contribution in [3.8, 4) is 0 Å². The van der Waals surface area contributed by atoms with E-state index < -0.39 is 0 Å². The van der Waals surface area contributed by atoms with Gasteiger partial charge in [-0.3, -0.25) is 0 Å². The molecule has 1 aliphatic heterocycles. The van der Waals surface area contributed by atoms with E-state index in [1.807, 2.05) is 0 Å². The molecule has 0 aliphatic carbocycles. The molecule has 0 aromatic carbocycles. The number of halogens is 1. The van der Waals surface area contributed by atoms with Crippen LogP contribution in [0.3, 0.4) is 0 Å². The van der Waals surface area contributed by atoms with Crippen molar-refractivity contribution in [2.24, 2.45) is 0 Å². The smallest absolute Gasteiger partial charge is 0.156 e. The van der Waals surface area contributed by atoms with Crippen LogP contribution in [0.5, 0.6) is 0 Å². The fourth-order valence-corrected chi connectivity index (χ4v) is 1.50. The van der Waals surface area contributed by atoms with E-state index in [0.717, 1.165) is 6.61 Å². The highest BCUT2D eigenvalue weighted by Crippen LogP contribution is 2.27. The van der Waals surface area contributed by atoms with Gasteiger partial charge in [-0.2, -0.15) is 0 Å². The van der Waals surface area contributed by atoms with Crippen LogP contribution in [0, 0.1) is 0 Å². The highest BCUT2D eigenvalue weighted by atomic mass is 127. The first-order valence-electron chi connectivity index (χ1n) is 3.04. The summed E-state index contributed by atoms with van der Waals surface area (Å²) in [5, 5.41) is 0. The van der Waals surface area contributed by atoms with Gasteiger partial charge in [0, 0.05) is 6.61 Å². The number of alkyl halides is 1. The molecule has 46 valence electrons. The second-order valence-corrected chi connectivity index (χ2v) is 4.69. The summed E-state index contributed by atoms with van der Waals surface area (Å²) in [6.45, 7) is 0.958. The van der Waals surface area contributed by atoms with Gasteiger partial charge < -0.3 is 4.74 Å². The third-order valence-electron chi connectivity index (χ3n) is 1.42. The van der Waals surface area contributed by atoms with Crippen LogP contribution in [0.2, 0.25) is 0 Å². The second kappa shape index (κ2) is 2.56. The summed E-state index contributed by atoms with van der Waals surface area (Å²) in [4.78, 5) is 0. The van der Waals surface area contributed by atoms with Gasteiger partial charge in [-0.25, -0.2) is 0 Å². The molecule has 1 saturated heterocycles. The van der Waals surface area contributed by atoms with E-state index in [0.29, 0.717) is 0 Å². The molecule has 0 radical (unpaired) electrons. The summed E-state index contributed by atoms with van der Waals surface area (Å²) < 4.78 is 5.60. The Labute approximate surface area is 64.7 Å². The van der Waals surface area contributed by atoms with Crippen molar-refractivity contribution < 1.29 is 4.74 Å². The number of hydrogen-bond acceptors (Lipinski definition) is 1. The van der Waals surface area contributed by atoms with Gasteiger partial charge in [0.1, 0.15) is 0 Å². The summed E-state index contributed by atoms with van der Waals surface area (Å²) in [5.41, 5.74) is 0. The molecule has 0 saturated carbocycles. The Kier molecular flexibility index (Phi) is 2.20. The van der Waals surface area contributed by atoms with Crippen molar-refractivity contribution in [1.82, 2.24) is 0 Å². The molecule has 1 rings (SSSR count). The van der Waals surface area contributed by atoms with E-state index in [1.165, 1.54) is 19.3 Å². The maximum atomic E-state index is 5.45. The van der Waals surface area contributed by atoms with Gasteiger partial charge in [0.15, 0.2) is 7.85 Å². The third-order valence-corrected chi connectivity index (χ3v) is 2.27. The van der Waals surface area contributed by atoms with Gasteiger partial charge in [-0.15, -0.1) is 0 Å². The van der Waals surface area contributed by atoms with Gasteiger partial charge in [-0.1, -0.05) is 22.6 Å². The van der Waals surface area contributed by atoms with Gasteiger partial charge in [0.05, 0.1) is 3.51 Å². The van der Waals surface area contributed by atoms with E-state index >= 15 is 0 Å². The average Bonchev–Trinajstić information content (AvgIpc) is 1.65. The van der Waals surface area contributed by atoms with Crippen LogP contribution in [0.1, 0.15) is 19.3 Å². The Morgan fingerprint density at radius 1 is 1.50 bits per heavy atom. The van der Waals surface area contributed by atoms with Crippen molar-refractivity contribution in [1.29, 1.82) is 0 Å². The van der Waals surface area contributed by atoms with Crippen LogP contribution < -0.4 is 0 Å². The van der Waals surface area contributed by atoms with Gasteiger partial charge in [-0.05, 0) is 19.3 Å². The molecule has 1 nitrogen and oxygen atoms in total. The molecule has 1 fully saturated rings. The number of ether oxygens (including phenoxy) is 1. The van der Waals surface area contributed by atoms with E-state index in [1.54, 1.807) is 0 Å². The summed E-state index contributed by atoms with van der Waals surface area (Å²) in [5.74, 6) is 0. The predicted octanol–water partition coefficient (Wildman–Crippen LogP) is 0.909. The molecule has 3 heteroatoms. The predicted molar refractivity (Wildman–Crippen MR) is 45.1 cm³/mol. The molecule has 1 heterocycles.